The van der Waals surface area contributed by atoms with Gasteiger partial charge < -0.3 is 89.7 Å². The minimum absolute atomic E-state index is 0.103. The lowest BCUT2D eigenvalue weighted by molar-refractivity contribution is -0.364. The Hall–Kier alpha value is -1.96. The van der Waals surface area contributed by atoms with Crippen LogP contribution in [0.5, 0.6) is 0 Å². The Kier molecular flexibility index (Phi) is 14.3. The number of carboxylic acids is 1. The van der Waals surface area contributed by atoms with Crippen LogP contribution in [0.3, 0.4) is 0 Å². The number of aliphatic hydroxyl groups is 11. The van der Waals surface area contributed by atoms with Crippen LogP contribution in [0.1, 0.15) is 106 Å². The molecule has 388 valence electrons. The first-order valence-electron chi connectivity index (χ1n) is 24.5. The number of aliphatic hydroxyl groups excluding tert-OH is 11. The van der Waals surface area contributed by atoms with E-state index in [1.54, 1.807) is 0 Å². The van der Waals surface area contributed by atoms with Crippen molar-refractivity contribution in [3.63, 3.8) is 0 Å². The Labute approximate surface area is 396 Å². The Morgan fingerprint density at radius 1 is 0.647 bits per heavy atom. The number of carbonyl (C=O) groups is 2. The third kappa shape index (κ3) is 8.03. The summed E-state index contributed by atoms with van der Waals surface area (Å²) in [5.74, 6) is -2.34. The van der Waals surface area contributed by atoms with Crippen molar-refractivity contribution in [2.75, 3.05) is 19.8 Å². The van der Waals surface area contributed by atoms with E-state index in [1.807, 2.05) is 6.92 Å². The maximum atomic E-state index is 14.7. The zero-order valence-corrected chi connectivity index (χ0v) is 39.9. The summed E-state index contributed by atoms with van der Waals surface area (Å²) in [4.78, 5) is 27.3. The lowest BCUT2D eigenvalue weighted by Crippen LogP contribution is -2.68. The number of esters is 1. The number of aliphatic carboxylic acids is 1. The van der Waals surface area contributed by atoms with Crippen molar-refractivity contribution in [2.45, 2.75) is 204 Å². The van der Waals surface area contributed by atoms with Gasteiger partial charge in [0.1, 0.15) is 67.1 Å². The van der Waals surface area contributed by atoms with E-state index in [0.29, 0.717) is 51.4 Å². The van der Waals surface area contributed by atoms with Gasteiger partial charge in [-0.3, -0.25) is 4.79 Å². The highest BCUT2D eigenvalue weighted by Crippen LogP contribution is 2.76. The molecule has 3 heterocycles. The van der Waals surface area contributed by atoms with Crippen molar-refractivity contribution in [1.29, 1.82) is 0 Å². The topological polar surface area (TPSA) is 332 Å². The molecule has 3 saturated heterocycles. The van der Waals surface area contributed by atoms with E-state index in [-0.39, 0.29) is 46.0 Å². The van der Waals surface area contributed by atoms with E-state index in [4.69, 9.17) is 28.4 Å². The van der Waals surface area contributed by atoms with Crippen LogP contribution < -0.4 is 0 Å². The van der Waals surface area contributed by atoms with E-state index in [2.05, 4.69) is 40.7 Å². The average molecular weight is 973 g/mol. The quantitative estimate of drug-likeness (QED) is 0.0725. The van der Waals surface area contributed by atoms with Crippen LogP contribution in [-0.4, -0.2) is 191 Å². The number of carboxylic acid groups (broad SMARTS) is 1. The summed E-state index contributed by atoms with van der Waals surface area (Å²) >= 11 is 0. The van der Waals surface area contributed by atoms with Gasteiger partial charge >= 0.3 is 11.9 Å². The third-order valence-corrected chi connectivity index (χ3v) is 19.4. The van der Waals surface area contributed by atoms with Crippen molar-refractivity contribution in [3.8, 4) is 0 Å². The van der Waals surface area contributed by atoms with Crippen molar-refractivity contribution < 1.29 is 99.3 Å². The molecule has 0 bridgehead atoms. The fourth-order valence-electron chi connectivity index (χ4n) is 15.0. The minimum atomic E-state index is -1.98. The molecule has 8 rings (SSSR count). The average Bonchev–Trinajstić information content (AvgIpc) is 3.29. The standard InChI is InChI=1S/C48H76O20/c1-43(2)13-15-48(42(62)68-40-34(58)31(55)29(53)24(19-50)64-40)16-14-46(5)21(22(48)17-43)7-8-26-44(3)11-10-27(45(4,20-51)25(44)9-12-47(26,46)6)65-41-35(59)32(56)36(37(67-41)38(60)61)66-39-33(57)30(54)28(52)23(18-49)63-39/h7,22-37,39-41,49-59H,8-20H2,1-6H3,(H,60,61)/t22-,23-,24-,25-,26-,27+,28+,29-,30+,31+,32-,33-,34-,35-,36+,37+,39+,40+,41-,44+,45+,46-,47-,48+/m1/s1. The van der Waals surface area contributed by atoms with E-state index in [0.717, 1.165) is 12.8 Å². The molecule has 68 heavy (non-hydrogen) atoms. The van der Waals surface area contributed by atoms with Crippen LogP contribution in [0.15, 0.2) is 11.6 Å². The van der Waals surface area contributed by atoms with Crippen LogP contribution in [0.25, 0.3) is 0 Å². The molecule has 20 nitrogen and oxygen atoms in total. The molecule has 5 aliphatic carbocycles. The van der Waals surface area contributed by atoms with Gasteiger partial charge in [-0.25, -0.2) is 4.79 Å². The molecular weight excluding hydrogens is 897 g/mol. The van der Waals surface area contributed by atoms with Gasteiger partial charge in [0.2, 0.25) is 6.29 Å². The SMILES string of the molecule is CC1(C)CC[C@]2(C(=O)O[C@@H]3O[C@H](CO)[C@@H](O)[C@H](O)[C@H]3O)CC[C@]3(C)C(=CC[C@@H]4[C@@]5(C)CC[C@H](O[C@@H]6O[C@H](C(=O)O)[C@@H](O[C@@H]7O[C@H](CO)[C@H](O)[C@H](O)[C@H]7O)[C@H](O)[C@H]6O)[C@@](C)(CO)[C@@H]5CC[C@]43C)[C@H]2C1. The highest BCUT2D eigenvalue weighted by molar-refractivity contribution is 5.79. The second-order valence-electron chi connectivity index (χ2n) is 23.3. The highest BCUT2D eigenvalue weighted by atomic mass is 16.7. The van der Waals surface area contributed by atoms with Gasteiger partial charge in [-0.2, -0.15) is 0 Å². The van der Waals surface area contributed by atoms with Crippen molar-refractivity contribution in [1.82, 2.24) is 0 Å². The number of rotatable bonds is 10. The summed E-state index contributed by atoms with van der Waals surface area (Å²) < 4.78 is 34.9. The number of ether oxygens (including phenoxy) is 6. The molecule has 0 aromatic rings. The second kappa shape index (κ2) is 18.5. The molecule has 0 radical (unpaired) electrons. The third-order valence-electron chi connectivity index (χ3n) is 19.4. The van der Waals surface area contributed by atoms with Crippen molar-refractivity contribution >= 4 is 11.9 Å². The summed E-state index contributed by atoms with van der Waals surface area (Å²) in [6.45, 7) is 11.6. The smallest absolute Gasteiger partial charge is 0.335 e. The van der Waals surface area contributed by atoms with Crippen LogP contribution in [-0.2, 0) is 38.0 Å². The van der Waals surface area contributed by atoms with Gasteiger partial charge in [0.25, 0.3) is 0 Å². The molecule has 7 fully saturated rings. The lowest BCUT2D eigenvalue weighted by Gasteiger charge is -2.71. The zero-order chi connectivity index (χ0) is 49.8. The van der Waals surface area contributed by atoms with Crippen LogP contribution >= 0.6 is 0 Å². The van der Waals surface area contributed by atoms with Crippen molar-refractivity contribution in [3.05, 3.63) is 11.6 Å². The van der Waals surface area contributed by atoms with Gasteiger partial charge in [0.05, 0.1) is 31.3 Å². The van der Waals surface area contributed by atoms with Crippen LogP contribution in [0, 0.1) is 50.2 Å². The molecule has 24 atom stereocenters. The summed E-state index contributed by atoms with van der Waals surface area (Å²) in [6.07, 6.45) is -18.0. The molecule has 0 spiro atoms. The molecule has 12 N–H and O–H groups in total. The minimum Gasteiger partial charge on any atom is -0.479 e. The molecule has 3 aliphatic heterocycles. The first kappa shape index (κ1) is 52.4. The first-order valence-corrected chi connectivity index (χ1v) is 24.5. The predicted octanol–water partition coefficient (Wildman–Crippen LogP) is -0.795. The summed E-state index contributed by atoms with van der Waals surface area (Å²) in [7, 11) is 0. The number of hydrogen-bond donors (Lipinski definition) is 12. The molecule has 20 heteroatoms. The van der Waals surface area contributed by atoms with Gasteiger partial charge in [-0.05, 0) is 104 Å². The van der Waals surface area contributed by atoms with E-state index in [1.165, 1.54) is 5.57 Å². The summed E-state index contributed by atoms with van der Waals surface area (Å²) in [5, 5.41) is 127. The van der Waals surface area contributed by atoms with Crippen LogP contribution in [0.2, 0.25) is 0 Å². The number of allylic oxidation sites excluding steroid dienone is 2. The van der Waals surface area contributed by atoms with E-state index >= 15 is 0 Å². The number of carbonyl (C=O) groups excluding carboxylic acids is 1. The largest absolute Gasteiger partial charge is 0.479 e. The molecule has 0 amide bonds. The number of hydrogen-bond acceptors (Lipinski definition) is 19. The molecular formula is C48H76O20. The van der Waals surface area contributed by atoms with Crippen molar-refractivity contribution in [2.24, 2.45) is 50.2 Å². The van der Waals surface area contributed by atoms with Gasteiger partial charge in [-0.1, -0.05) is 53.2 Å². The monoisotopic (exact) mass is 972 g/mol. The molecule has 0 aromatic heterocycles. The maximum Gasteiger partial charge on any atom is 0.335 e. The Morgan fingerprint density at radius 2 is 1.22 bits per heavy atom. The Morgan fingerprint density at radius 3 is 1.82 bits per heavy atom. The fraction of sp³-hybridized carbons (Fsp3) is 0.917. The maximum absolute atomic E-state index is 14.7. The number of fused-ring (bicyclic) bond motifs is 7. The Balaban J connectivity index is 1.02. The molecule has 8 aliphatic rings. The Bertz CT molecular complexity index is 1900. The summed E-state index contributed by atoms with van der Waals surface area (Å²) in [6, 6.07) is 0. The van der Waals surface area contributed by atoms with E-state index < -0.39 is 134 Å². The molecule has 0 unspecified atom stereocenters. The van der Waals surface area contributed by atoms with Gasteiger partial charge in [-0.15, -0.1) is 0 Å². The summed E-state index contributed by atoms with van der Waals surface area (Å²) in [5.41, 5.74) is -1.73. The second-order valence-corrected chi connectivity index (χ2v) is 23.3. The van der Waals surface area contributed by atoms with Crippen LogP contribution in [0.4, 0.5) is 0 Å². The molecule has 0 aromatic carbocycles. The van der Waals surface area contributed by atoms with E-state index in [9.17, 15) is 70.9 Å². The fourth-order valence-corrected chi connectivity index (χ4v) is 15.0. The first-order chi connectivity index (χ1) is 31.8. The zero-order valence-electron chi connectivity index (χ0n) is 39.9. The highest BCUT2D eigenvalue weighted by Gasteiger charge is 2.71. The van der Waals surface area contributed by atoms with Gasteiger partial charge in [0, 0.05) is 5.41 Å². The molecule has 4 saturated carbocycles. The normalized spacial score (nSPS) is 53.4. The lowest BCUT2D eigenvalue weighted by atomic mass is 9.33. The van der Waals surface area contributed by atoms with Gasteiger partial charge in [0.15, 0.2) is 18.7 Å². The predicted molar refractivity (Wildman–Crippen MR) is 232 cm³/mol.